The standard InChI is InChI=1S/C21H20O/c1-5-18(22)14-21(20-13-9-7-11-16(20)3)17(4)19-12-8-6-10-15(19)2/h5-14H,1,4H2,2-3H3. The van der Waals surface area contributed by atoms with Crippen LogP contribution in [0.15, 0.2) is 73.8 Å². The first-order chi connectivity index (χ1) is 10.5. The topological polar surface area (TPSA) is 17.1 Å². The van der Waals surface area contributed by atoms with E-state index in [-0.39, 0.29) is 5.78 Å². The number of hydrogen-bond acceptors (Lipinski definition) is 1. The van der Waals surface area contributed by atoms with E-state index < -0.39 is 0 Å². The van der Waals surface area contributed by atoms with Crippen LogP contribution in [-0.2, 0) is 4.79 Å². The van der Waals surface area contributed by atoms with Gasteiger partial charge in [-0.3, -0.25) is 4.79 Å². The second-order valence-corrected chi connectivity index (χ2v) is 5.27. The third-order valence-corrected chi connectivity index (χ3v) is 3.72. The van der Waals surface area contributed by atoms with Crippen LogP contribution < -0.4 is 0 Å². The number of aryl methyl sites for hydroxylation is 2. The molecule has 0 saturated heterocycles. The summed E-state index contributed by atoms with van der Waals surface area (Å²) in [6.45, 7) is 11.9. The number of allylic oxidation sites excluding steroid dienone is 4. The number of hydrogen-bond donors (Lipinski definition) is 0. The van der Waals surface area contributed by atoms with Crippen molar-refractivity contribution in [2.75, 3.05) is 0 Å². The van der Waals surface area contributed by atoms with Gasteiger partial charge in [-0.2, -0.15) is 0 Å². The summed E-state index contributed by atoms with van der Waals surface area (Å²) < 4.78 is 0. The summed E-state index contributed by atoms with van der Waals surface area (Å²) >= 11 is 0. The van der Waals surface area contributed by atoms with Gasteiger partial charge in [0.1, 0.15) is 0 Å². The van der Waals surface area contributed by atoms with Gasteiger partial charge in [0.15, 0.2) is 5.78 Å². The predicted octanol–water partition coefficient (Wildman–Crippen LogP) is 5.16. The number of rotatable bonds is 5. The first-order valence-corrected chi connectivity index (χ1v) is 7.24. The maximum absolute atomic E-state index is 11.9. The minimum Gasteiger partial charge on any atom is -0.290 e. The maximum Gasteiger partial charge on any atom is 0.178 e. The molecule has 0 fully saturated rings. The second-order valence-electron chi connectivity index (χ2n) is 5.27. The van der Waals surface area contributed by atoms with Gasteiger partial charge in [-0.15, -0.1) is 0 Å². The van der Waals surface area contributed by atoms with E-state index in [1.165, 1.54) is 6.08 Å². The highest BCUT2D eigenvalue weighted by atomic mass is 16.1. The molecule has 0 aromatic heterocycles. The van der Waals surface area contributed by atoms with Gasteiger partial charge in [0.05, 0.1) is 0 Å². The maximum atomic E-state index is 11.9. The Balaban J connectivity index is 2.60. The van der Waals surface area contributed by atoms with Gasteiger partial charge in [0.25, 0.3) is 0 Å². The predicted molar refractivity (Wildman–Crippen MR) is 94.6 cm³/mol. The lowest BCUT2D eigenvalue weighted by Gasteiger charge is -2.15. The van der Waals surface area contributed by atoms with Crippen LogP contribution in [0.4, 0.5) is 0 Å². The van der Waals surface area contributed by atoms with Crippen molar-refractivity contribution in [3.63, 3.8) is 0 Å². The quantitative estimate of drug-likeness (QED) is 0.549. The number of carbonyl (C=O) groups excluding carboxylic acids is 1. The van der Waals surface area contributed by atoms with Gasteiger partial charge in [-0.05, 0) is 59.4 Å². The van der Waals surface area contributed by atoms with Gasteiger partial charge in [-0.25, -0.2) is 0 Å². The monoisotopic (exact) mass is 288 g/mol. The molecule has 2 aromatic carbocycles. The Morgan fingerprint density at radius 1 is 0.909 bits per heavy atom. The molecular formula is C21H20O. The van der Waals surface area contributed by atoms with Crippen molar-refractivity contribution in [1.29, 1.82) is 0 Å². The third-order valence-electron chi connectivity index (χ3n) is 3.72. The van der Waals surface area contributed by atoms with Crippen LogP contribution >= 0.6 is 0 Å². The molecule has 0 amide bonds. The zero-order valence-electron chi connectivity index (χ0n) is 13.1. The van der Waals surface area contributed by atoms with Gasteiger partial charge in [-0.1, -0.05) is 61.7 Å². The molecule has 0 aliphatic carbocycles. The third kappa shape index (κ3) is 3.32. The molecule has 1 nitrogen and oxygen atoms in total. The van der Waals surface area contributed by atoms with E-state index in [9.17, 15) is 4.79 Å². The van der Waals surface area contributed by atoms with Crippen molar-refractivity contribution in [1.82, 2.24) is 0 Å². The average Bonchev–Trinajstić information content (AvgIpc) is 2.53. The van der Waals surface area contributed by atoms with Crippen molar-refractivity contribution >= 4 is 16.9 Å². The van der Waals surface area contributed by atoms with Crippen molar-refractivity contribution in [3.05, 3.63) is 96.1 Å². The minimum atomic E-state index is -0.118. The summed E-state index contributed by atoms with van der Waals surface area (Å²) in [5.41, 5.74) is 6.01. The lowest BCUT2D eigenvalue weighted by Crippen LogP contribution is -1.97. The number of ketones is 1. The molecule has 0 heterocycles. The van der Waals surface area contributed by atoms with Crippen LogP contribution in [0.1, 0.15) is 22.3 Å². The van der Waals surface area contributed by atoms with Crippen molar-refractivity contribution < 1.29 is 4.79 Å². The van der Waals surface area contributed by atoms with Crippen molar-refractivity contribution in [2.45, 2.75) is 13.8 Å². The SMILES string of the molecule is C=CC(=O)C=C(C(=C)c1ccccc1C)c1ccccc1C. The highest BCUT2D eigenvalue weighted by molar-refractivity contribution is 6.14. The fourth-order valence-electron chi connectivity index (χ4n) is 2.46. The Bertz CT molecular complexity index is 763. The lowest BCUT2D eigenvalue weighted by molar-refractivity contribution is -0.110. The van der Waals surface area contributed by atoms with E-state index >= 15 is 0 Å². The Morgan fingerprint density at radius 3 is 1.91 bits per heavy atom. The summed E-state index contributed by atoms with van der Waals surface area (Å²) in [7, 11) is 0. The molecule has 0 N–H and O–H groups in total. The lowest BCUT2D eigenvalue weighted by atomic mass is 9.88. The normalized spacial score (nSPS) is 11.1. The first kappa shape index (κ1) is 15.7. The highest BCUT2D eigenvalue weighted by Gasteiger charge is 2.13. The summed E-state index contributed by atoms with van der Waals surface area (Å²) in [5, 5.41) is 0. The molecule has 0 saturated carbocycles. The molecule has 0 spiro atoms. The molecule has 0 bridgehead atoms. The van der Waals surface area contributed by atoms with Crippen molar-refractivity contribution in [2.24, 2.45) is 0 Å². The van der Waals surface area contributed by atoms with Crippen LogP contribution in [0, 0.1) is 13.8 Å². The van der Waals surface area contributed by atoms with E-state index in [1.807, 2.05) is 62.4 Å². The molecule has 2 aromatic rings. The summed E-state index contributed by atoms with van der Waals surface area (Å²) in [4.78, 5) is 11.9. The van der Waals surface area contributed by atoms with Crippen LogP contribution in [0.3, 0.4) is 0 Å². The van der Waals surface area contributed by atoms with Crippen molar-refractivity contribution in [3.8, 4) is 0 Å². The molecular weight excluding hydrogens is 268 g/mol. The Kier molecular flexibility index (Phi) is 4.90. The van der Waals surface area contributed by atoms with Crippen LogP contribution in [-0.4, -0.2) is 5.78 Å². The summed E-state index contributed by atoms with van der Waals surface area (Å²) in [6, 6.07) is 16.1. The molecule has 0 unspecified atom stereocenters. The second kappa shape index (κ2) is 6.86. The average molecular weight is 288 g/mol. The molecule has 110 valence electrons. The first-order valence-electron chi connectivity index (χ1n) is 7.24. The Hall–Kier alpha value is -2.67. The van der Waals surface area contributed by atoms with Gasteiger partial charge in [0.2, 0.25) is 0 Å². The Morgan fingerprint density at radius 2 is 1.41 bits per heavy atom. The fourth-order valence-corrected chi connectivity index (χ4v) is 2.46. The zero-order chi connectivity index (χ0) is 16.1. The number of benzene rings is 2. The van der Waals surface area contributed by atoms with Gasteiger partial charge < -0.3 is 0 Å². The van der Waals surface area contributed by atoms with Gasteiger partial charge in [0, 0.05) is 0 Å². The molecule has 0 radical (unpaired) electrons. The molecule has 0 atom stereocenters. The molecule has 0 aliphatic heterocycles. The van der Waals surface area contributed by atoms with E-state index in [0.29, 0.717) is 0 Å². The van der Waals surface area contributed by atoms with E-state index in [4.69, 9.17) is 0 Å². The summed E-state index contributed by atoms with van der Waals surface area (Å²) in [5.74, 6) is -0.118. The molecule has 22 heavy (non-hydrogen) atoms. The molecule has 2 rings (SSSR count). The minimum absolute atomic E-state index is 0.118. The molecule has 1 heteroatoms. The van der Waals surface area contributed by atoms with Crippen LogP contribution in [0.5, 0.6) is 0 Å². The van der Waals surface area contributed by atoms with Crippen LogP contribution in [0.25, 0.3) is 11.1 Å². The fraction of sp³-hybridized carbons (Fsp3) is 0.0952. The Labute approximate surface area is 132 Å². The summed E-state index contributed by atoms with van der Waals surface area (Å²) in [6.07, 6.45) is 2.94. The van der Waals surface area contributed by atoms with E-state index in [0.717, 1.165) is 33.4 Å². The molecule has 0 aliphatic rings. The zero-order valence-corrected chi connectivity index (χ0v) is 13.1. The number of carbonyl (C=O) groups is 1. The van der Waals surface area contributed by atoms with Gasteiger partial charge >= 0.3 is 0 Å². The van der Waals surface area contributed by atoms with Crippen LogP contribution in [0.2, 0.25) is 0 Å². The smallest absolute Gasteiger partial charge is 0.178 e. The highest BCUT2D eigenvalue weighted by Crippen LogP contribution is 2.33. The van der Waals surface area contributed by atoms with E-state index in [2.05, 4.69) is 13.2 Å². The largest absolute Gasteiger partial charge is 0.290 e. The van der Waals surface area contributed by atoms with E-state index in [1.54, 1.807) is 6.08 Å².